The number of amides is 1. The fourth-order valence-corrected chi connectivity index (χ4v) is 5.44. The fraction of sp³-hybridized carbons (Fsp3) is 0.933. The van der Waals surface area contributed by atoms with Crippen molar-refractivity contribution < 1.29 is 13.2 Å². The largest absolute Gasteiger partial charge is 0.352 e. The summed E-state index contributed by atoms with van der Waals surface area (Å²) in [6, 6.07) is 0.0560. The third kappa shape index (κ3) is 3.31. The van der Waals surface area contributed by atoms with E-state index in [0.29, 0.717) is 25.9 Å². The molecule has 1 aliphatic heterocycles. The Bertz CT molecular complexity index is 516. The van der Waals surface area contributed by atoms with E-state index in [4.69, 9.17) is 5.73 Å². The van der Waals surface area contributed by atoms with Crippen LogP contribution in [0.15, 0.2) is 0 Å². The van der Waals surface area contributed by atoms with Crippen LogP contribution in [0.1, 0.15) is 57.8 Å². The lowest BCUT2D eigenvalue weighted by molar-refractivity contribution is -0.128. The zero-order valence-corrected chi connectivity index (χ0v) is 13.9. The number of hydrogen-bond donors (Lipinski definition) is 2. The Labute approximate surface area is 132 Å². The number of rotatable bonds is 4. The Morgan fingerprint density at radius 2 is 1.64 bits per heavy atom. The average molecular weight is 329 g/mol. The van der Waals surface area contributed by atoms with Crippen molar-refractivity contribution >= 4 is 15.9 Å². The van der Waals surface area contributed by atoms with E-state index >= 15 is 0 Å². The van der Waals surface area contributed by atoms with Gasteiger partial charge in [0.2, 0.25) is 15.9 Å². The van der Waals surface area contributed by atoms with E-state index in [9.17, 15) is 13.2 Å². The number of nitrogens with zero attached hydrogens (tertiary/aromatic N) is 1. The minimum absolute atomic E-state index is 0.0456. The maximum atomic E-state index is 12.4. The number of sulfonamides is 1. The maximum absolute atomic E-state index is 12.4. The second-order valence-electron chi connectivity index (χ2n) is 7.11. The number of piperidine rings is 1. The molecule has 0 aromatic carbocycles. The molecule has 126 valence electrons. The molecule has 1 heterocycles. The lowest BCUT2D eigenvalue weighted by atomic mass is 9.81. The summed E-state index contributed by atoms with van der Waals surface area (Å²) in [5, 5.41) is 2.92. The number of carbonyl (C=O) groups excluding carboxylic acids is 1. The molecule has 3 fully saturated rings. The average Bonchev–Trinajstić information content (AvgIpc) is 3.33. The van der Waals surface area contributed by atoms with Crippen LogP contribution in [0.5, 0.6) is 0 Å². The van der Waals surface area contributed by atoms with Crippen LogP contribution in [0.4, 0.5) is 0 Å². The molecule has 0 bridgehead atoms. The number of carbonyl (C=O) groups is 1. The highest BCUT2D eigenvalue weighted by Crippen LogP contribution is 2.32. The van der Waals surface area contributed by atoms with Gasteiger partial charge in [-0.15, -0.1) is 0 Å². The molecule has 1 saturated heterocycles. The Morgan fingerprint density at radius 3 is 2.18 bits per heavy atom. The third-order valence-corrected chi connectivity index (χ3v) is 7.69. The third-order valence-electron chi connectivity index (χ3n) is 5.29. The molecular weight excluding hydrogens is 302 g/mol. The van der Waals surface area contributed by atoms with E-state index in [0.717, 1.165) is 44.9 Å². The molecule has 0 spiro atoms. The molecule has 0 aromatic rings. The Kier molecular flexibility index (Phi) is 4.49. The molecule has 7 heteroatoms. The van der Waals surface area contributed by atoms with Crippen molar-refractivity contribution in [2.45, 2.75) is 74.6 Å². The number of hydrogen-bond acceptors (Lipinski definition) is 4. The summed E-state index contributed by atoms with van der Waals surface area (Å²) >= 11 is 0. The molecule has 0 aromatic heterocycles. The SMILES string of the molecule is NC1(C(=O)NC2CCN(S(=O)(=O)C3CC3)CC2)CCCCC1. The van der Waals surface area contributed by atoms with Crippen molar-refractivity contribution in [3.8, 4) is 0 Å². The Balaban J connectivity index is 1.50. The molecule has 2 aliphatic carbocycles. The van der Waals surface area contributed by atoms with Crippen LogP contribution < -0.4 is 11.1 Å². The lowest BCUT2D eigenvalue weighted by Crippen LogP contribution is -2.58. The van der Waals surface area contributed by atoms with Gasteiger partial charge in [0.15, 0.2) is 0 Å². The standard InChI is InChI=1S/C15H27N3O3S/c16-15(8-2-1-3-9-15)14(19)17-12-6-10-18(11-7-12)22(20,21)13-4-5-13/h12-13H,1-11,16H2,(H,17,19). The molecule has 3 rings (SSSR count). The quantitative estimate of drug-likeness (QED) is 0.795. The van der Waals surface area contributed by atoms with Gasteiger partial charge in [0.1, 0.15) is 0 Å². The van der Waals surface area contributed by atoms with Gasteiger partial charge < -0.3 is 11.1 Å². The van der Waals surface area contributed by atoms with Crippen molar-refractivity contribution in [1.82, 2.24) is 9.62 Å². The second-order valence-corrected chi connectivity index (χ2v) is 9.32. The van der Waals surface area contributed by atoms with Crippen LogP contribution in [0.2, 0.25) is 0 Å². The highest BCUT2D eigenvalue weighted by atomic mass is 32.2. The molecule has 3 aliphatic rings. The van der Waals surface area contributed by atoms with Crippen LogP contribution in [-0.4, -0.2) is 48.6 Å². The molecule has 0 radical (unpaired) electrons. The fourth-order valence-electron chi connectivity index (χ4n) is 3.57. The topological polar surface area (TPSA) is 92.5 Å². The predicted molar refractivity (Wildman–Crippen MR) is 84.7 cm³/mol. The first-order valence-electron chi connectivity index (χ1n) is 8.51. The van der Waals surface area contributed by atoms with Crippen molar-refractivity contribution in [3.63, 3.8) is 0 Å². The van der Waals surface area contributed by atoms with Gasteiger partial charge in [-0.1, -0.05) is 19.3 Å². The lowest BCUT2D eigenvalue weighted by Gasteiger charge is -2.36. The van der Waals surface area contributed by atoms with Gasteiger partial charge in [0.05, 0.1) is 10.8 Å². The summed E-state index contributed by atoms with van der Waals surface area (Å²) in [4.78, 5) is 12.4. The van der Waals surface area contributed by atoms with Gasteiger partial charge in [-0.3, -0.25) is 4.79 Å². The number of nitrogens with two attached hydrogens (primary N) is 1. The molecule has 0 atom stereocenters. The van der Waals surface area contributed by atoms with E-state index < -0.39 is 15.6 Å². The molecule has 1 amide bonds. The summed E-state index contributed by atoms with van der Waals surface area (Å²) in [5.41, 5.74) is 5.53. The molecular formula is C15H27N3O3S. The normalized spacial score (nSPS) is 27.5. The van der Waals surface area contributed by atoms with E-state index in [1.54, 1.807) is 4.31 Å². The Hall–Kier alpha value is -0.660. The van der Waals surface area contributed by atoms with E-state index in [1.807, 2.05) is 0 Å². The van der Waals surface area contributed by atoms with Crippen molar-refractivity contribution in [3.05, 3.63) is 0 Å². The van der Waals surface area contributed by atoms with Gasteiger partial charge >= 0.3 is 0 Å². The zero-order valence-electron chi connectivity index (χ0n) is 13.1. The first kappa shape index (κ1) is 16.2. The first-order chi connectivity index (χ1) is 10.4. The van der Waals surface area contributed by atoms with Crippen LogP contribution in [-0.2, 0) is 14.8 Å². The van der Waals surface area contributed by atoms with Crippen molar-refractivity contribution in [1.29, 1.82) is 0 Å². The molecule has 3 N–H and O–H groups in total. The molecule has 0 unspecified atom stereocenters. The van der Waals surface area contributed by atoms with Gasteiger partial charge in [-0.2, -0.15) is 0 Å². The van der Waals surface area contributed by atoms with Crippen LogP contribution in [0, 0.1) is 0 Å². The van der Waals surface area contributed by atoms with Gasteiger partial charge in [0, 0.05) is 19.1 Å². The Morgan fingerprint density at radius 1 is 1.05 bits per heavy atom. The van der Waals surface area contributed by atoms with Crippen molar-refractivity contribution in [2.75, 3.05) is 13.1 Å². The van der Waals surface area contributed by atoms with Crippen molar-refractivity contribution in [2.24, 2.45) is 5.73 Å². The maximum Gasteiger partial charge on any atom is 0.240 e. The summed E-state index contributed by atoms with van der Waals surface area (Å²) in [7, 11) is -3.08. The van der Waals surface area contributed by atoms with Crippen LogP contribution in [0.25, 0.3) is 0 Å². The first-order valence-corrected chi connectivity index (χ1v) is 10.0. The smallest absolute Gasteiger partial charge is 0.240 e. The minimum Gasteiger partial charge on any atom is -0.352 e. The minimum atomic E-state index is -3.08. The van der Waals surface area contributed by atoms with E-state index in [2.05, 4.69) is 5.32 Å². The second kappa shape index (κ2) is 6.09. The molecule has 22 heavy (non-hydrogen) atoms. The zero-order chi connectivity index (χ0) is 15.8. The molecule has 2 saturated carbocycles. The predicted octanol–water partition coefficient (Wildman–Crippen LogP) is 0.721. The summed E-state index contributed by atoms with van der Waals surface area (Å²) in [5.74, 6) is -0.0456. The van der Waals surface area contributed by atoms with Gasteiger partial charge in [-0.05, 0) is 38.5 Å². The van der Waals surface area contributed by atoms with Gasteiger partial charge in [0.25, 0.3) is 0 Å². The summed E-state index contributed by atoms with van der Waals surface area (Å²) in [6.07, 6.45) is 7.68. The monoisotopic (exact) mass is 329 g/mol. The summed E-state index contributed by atoms with van der Waals surface area (Å²) < 4.78 is 26.0. The highest BCUT2D eigenvalue weighted by Gasteiger charge is 2.42. The molecule has 6 nitrogen and oxygen atoms in total. The van der Waals surface area contributed by atoms with Crippen LogP contribution in [0.3, 0.4) is 0 Å². The highest BCUT2D eigenvalue weighted by molar-refractivity contribution is 7.90. The number of nitrogens with one attached hydrogen (secondary N) is 1. The van der Waals surface area contributed by atoms with Crippen LogP contribution >= 0.6 is 0 Å². The summed E-state index contributed by atoms with van der Waals surface area (Å²) in [6.45, 7) is 1.03. The van der Waals surface area contributed by atoms with E-state index in [-0.39, 0.29) is 17.2 Å². The van der Waals surface area contributed by atoms with E-state index in [1.165, 1.54) is 0 Å². The van der Waals surface area contributed by atoms with Gasteiger partial charge in [-0.25, -0.2) is 12.7 Å².